The second-order valence-electron chi connectivity index (χ2n) is 9.36. The van der Waals surface area contributed by atoms with Crippen molar-refractivity contribution in [2.45, 2.75) is 31.6 Å². The highest BCUT2D eigenvalue weighted by Gasteiger charge is 2.32. The van der Waals surface area contributed by atoms with E-state index in [4.69, 9.17) is 9.84 Å². The maximum absolute atomic E-state index is 14.0. The van der Waals surface area contributed by atoms with E-state index in [0.29, 0.717) is 53.3 Å². The van der Waals surface area contributed by atoms with E-state index in [1.165, 1.54) is 11.2 Å². The van der Waals surface area contributed by atoms with Crippen LogP contribution >= 0.6 is 27.3 Å². The van der Waals surface area contributed by atoms with Gasteiger partial charge in [0.15, 0.2) is 17.2 Å². The molecule has 0 unspecified atom stereocenters. The Labute approximate surface area is 249 Å². The van der Waals surface area contributed by atoms with Gasteiger partial charge >= 0.3 is 11.9 Å². The van der Waals surface area contributed by atoms with Gasteiger partial charge in [-0.25, -0.2) is 18.0 Å². The van der Waals surface area contributed by atoms with Gasteiger partial charge in [0.25, 0.3) is 0 Å². The van der Waals surface area contributed by atoms with Gasteiger partial charge in [-0.15, -0.1) is 11.3 Å². The lowest BCUT2D eigenvalue weighted by Crippen LogP contribution is -2.46. The fourth-order valence-corrected chi connectivity index (χ4v) is 8.36. The van der Waals surface area contributed by atoms with E-state index in [2.05, 4.69) is 26.6 Å². The normalized spacial score (nSPS) is 13.9. The number of carbonyl (C=O) groups excluding carboxylic acids is 1. The Hall–Kier alpha value is -3.46. The first-order valence-corrected chi connectivity index (χ1v) is 15.8. The Kier molecular flexibility index (Phi) is 9.68. The predicted octanol–water partition coefficient (Wildman–Crippen LogP) is 4.39. The summed E-state index contributed by atoms with van der Waals surface area (Å²) in [4.78, 5) is 34.7. The number of aromatic carboxylic acids is 1. The molecular formula is C27H28BrN3O8S2. The van der Waals surface area contributed by atoms with E-state index >= 15 is 0 Å². The summed E-state index contributed by atoms with van der Waals surface area (Å²) in [5.74, 6) is -3.20. The summed E-state index contributed by atoms with van der Waals surface area (Å²) in [6.45, 7) is 1.95. The van der Waals surface area contributed by atoms with Crippen LogP contribution in [0.2, 0.25) is 0 Å². The molecule has 2 heterocycles. The number of sulfonamides is 1. The molecular weight excluding hydrogens is 638 g/mol. The van der Waals surface area contributed by atoms with Crippen LogP contribution in [0.1, 0.15) is 35.0 Å². The molecule has 14 heteroatoms. The number of carboxylic acids is 2. The average molecular weight is 667 g/mol. The summed E-state index contributed by atoms with van der Waals surface area (Å²) in [5, 5.41) is 24.6. The van der Waals surface area contributed by atoms with E-state index in [0.717, 1.165) is 11.3 Å². The summed E-state index contributed by atoms with van der Waals surface area (Å²) >= 11 is 4.26. The number of carboxylic acid groups (broad SMARTS) is 2. The van der Waals surface area contributed by atoms with Gasteiger partial charge in [0.2, 0.25) is 15.9 Å². The number of aliphatic carboxylic acids is 1. The zero-order chi connectivity index (χ0) is 29.7. The van der Waals surface area contributed by atoms with E-state index < -0.39 is 28.6 Å². The first kappa shape index (κ1) is 30.5. The fraction of sp³-hybridized carbons (Fsp3) is 0.296. The van der Waals surface area contributed by atoms with Crippen molar-refractivity contribution in [3.05, 3.63) is 63.4 Å². The monoisotopic (exact) mass is 665 g/mol. The average Bonchev–Trinajstić information content (AvgIpc) is 3.24. The molecule has 0 saturated carbocycles. The molecule has 3 aromatic rings. The molecule has 4 rings (SSSR count). The second kappa shape index (κ2) is 13.0. The number of nitrogens with zero attached hydrogens (tertiary/aromatic N) is 1. The molecule has 1 aromatic heterocycles. The number of ether oxygens (including phenoxy) is 1. The molecule has 41 heavy (non-hydrogen) atoms. The first-order chi connectivity index (χ1) is 19.5. The van der Waals surface area contributed by atoms with Crippen molar-refractivity contribution in [2.75, 3.05) is 29.3 Å². The standard InChI is InChI=1S/C27H28BrN3O8S2/c1-16(32)30-19-6-2-4-17(12-19)15-41(37,38)31(20-8-10-29-11-9-20)21-7-3-5-18(13-21)25-23(28)24(39-14-22(33)34)26(40-25)27(35)36/h2-7,12-13,20,29H,8-11,14-15H2,1H3,(H,30,32)(H,33,34)(H,35,36). The Morgan fingerprint density at radius 1 is 1.12 bits per heavy atom. The summed E-state index contributed by atoms with van der Waals surface area (Å²) < 4.78 is 35.0. The number of carbonyl (C=O) groups is 3. The summed E-state index contributed by atoms with van der Waals surface area (Å²) in [6.07, 6.45) is 1.18. The van der Waals surface area contributed by atoms with Crippen LogP contribution in [-0.4, -0.2) is 62.2 Å². The lowest BCUT2D eigenvalue weighted by atomic mass is 10.1. The molecule has 1 saturated heterocycles. The predicted molar refractivity (Wildman–Crippen MR) is 159 cm³/mol. The number of benzene rings is 2. The maximum Gasteiger partial charge on any atom is 0.349 e. The van der Waals surface area contributed by atoms with Gasteiger partial charge in [0.05, 0.1) is 20.8 Å². The quantitative estimate of drug-likeness (QED) is 0.233. The van der Waals surface area contributed by atoms with E-state index in [9.17, 15) is 27.9 Å². The molecule has 2 aromatic carbocycles. The second-order valence-corrected chi connectivity index (χ2v) is 13.0. The van der Waals surface area contributed by atoms with Crippen molar-refractivity contribution in [2.24, 2.45) is 0 Å². The third-order valence-corrected chi connectivity index (χ3v) is 10.3. The van der Waals surface area contributed by atoms with Gasteiger partial charge < -0.3 is 25.6 Å². The van der Waals surface area contributed by atoms with E-state index in [-0.39, 0.29) is 32.8 Å². The molecule has 218 valence electrons. The molecule has 1 aliphatic rings. The zero-order valence-electron chi connectivity index (χ0n) is 21.9. The van der Waals surface area contributed by atoms with Crippen LogP contribution in [0.15, 0.2) is 53.0 Å². The Balaban J connectivity index is 1.74. The van der Waals surface area contributed by atoms with Crippen LogP contribution in [0.4, 0.5) is 11.4 Å². The molecule has 0 radical (unpaired) electrons. The number of rotatable bonds is 11. The van der Waals surface area contributed by atoms with Crippen LogP contribution in [0, 0.1) is 0 Å². The van der Waals surface area contributed by atoms with Gasteiger partial charge in [-0.2, -0.15) is 0 Å². The van der Waals surface area contributed by atoms with Crippen molar-refractivity contribution in [1.82, 2.24) is 5.32 Å². The number of halogens is 1. The number of nitrogens with one attached hydrogen (secondary N) is 2. The lowest BCUT2D eigenvalue weighted by molar-refractivity contribution is -0.139. The Bertz CT molecular complexity index is 1570. The van der Waals surface area contributed by atoms with Gasteiger partial charge in [-0.3, -0.25) is 9.10 Å². The maximum atomic E-state index is 14.0. The van der Waals surface area contributed by atoms with Crippen LogP contribution < -0.4 is 19.7 Å². The third kappa shape index (κ3) is 7.44. The van der Waals surface area contributed by atoms with Gasteiger partial charge in [-0.1, -0.05) is 24.3 Å². The zero-order valence-corrected chi connectivity index (χ0v) is 25.1. The molecule has 1 fully saturated rings. The summed E-state index contributed by atoms with van der Waals surface area (Å²) in [7, 11) is -3.92. The molecule has 4 N–H and O–H groups in total. The minimum atomic E-state index is -3.92. The number of piperidine rings is 1. The van der Waals surface area contributed by atoms with Crippen molar-refractivity contribution in [3.63, 3.8) is 0 Å². The SMILES string of the molecule is CC(=O)Nc1cccc(CS(=O)(=O)N(c2cccc(-c3sc(C(=O)O)c(OCC(=O)O)c3Br)c2)C2CCNCC2)c1. The first-order valence-electron chi connectivity index (χ1n) is 12.6. The minimum absolute atomic E-state index is 0.104. The molecule has 1 aliphatic heterocycles. The lowest BCUT2D eigenvalue weighted by Gasteiger charge is -2.35. The largest absolute Gasteiger partial charge is 0.479 e. The highest BCUT2D eigenvalue weighted by molar-refractivity contribution is 9.10. The molecule has 0 atom stereocenters. The summed E-state index contributed by atoms with van der Waals surface area (Å²) in [6, 6.07) is 13.2. The van der Waals surface area contributed by atoms with Gasteiger partial charge in [0.1, 0.15) is 0 Å². The topological polar surface area (TPSA) is 162 Å². The van der Waals surface area contributed by atoms with Crippen molar-refractivity contribution in [3.8, 4) is 16.2 Å². The molecule has 0 aliphatic carbocycles. The number of hydrogen-bond acceptors (Lipinski definition) is 8. The highest BCUT2D eigenvalue weighted by atomic mass is 79.9. The third-order valence-electron chi connectivity index (χ3n) is 6.24. The summed E-state index contributed by atoms with van der Waals surface area (Å²) in [5.41, 5.74) is 1.96. The van der Waals surface area contributed by atoms with Crippen LogP contribution in [0.25, 0.3) is 10.4 Å². The molecule has 1 amide bonds. The number of amides is 1. The van der Waals surface area contributed by atoms with Crippen molar-refractivity contribution < 1.29 is 37.8 Å². The van der Waals surface area contributed by atoms with Crippen molar-refractivity contribution >= 4 is 66.5 Å². The molecule has 0 spiro atoms. The Morgan fingerprint density at radius 3 is 2.49 bits per heavy atom. The Morgan fingerprint density at radius 2 is 1.83 bits per heavy atom. The van der Waals surface area contributed by atoms with Crippen LogP contribution in [-0.2, 0) is 25.4 Å². The van der Waals surface area contributed by atoms with E-state index in [1.54, 1.807) is 48.5 Å². The van der Waals surface area contributed by atoms with Crippen LogP contribution in [0.3, 0.4) is 0 Å². The fourth-order valence-electron chi connectivity index (χ4n) is 4.63. The minimum Gasteiger partial charge on any atom is -0.479 e. The molecule has 0 bridgehead atoms. The smallest absolute Gasteiger partial charge is 0.349 e. The van der Waals surface area contributed by atoms with Crippen LogP contribution in [0.5, 0.6) is 5.75 Å². The van der Waals surface area contributed by atoms with E-state index in [1.807, 2.05) is 0 Å². The van der Waals surface area contributed by atoms with Crippen molar-refractivity contribution in [1.29, 1.82) is 0 Å². The number of hydrogen-bond donors (Lipinski definition) is 4. The van der Waals surface area contributed by atoms with Gasteiger partial charge in [0, 0.05) is 18.7 Å². The molecule has 11 nitrogen and oxygen atoms in total. The number of anilines is 2. The van der Waals surface area contributed by atoms with Gasteiger partial charge in [-0.05, 0) is 77.3 Å². The highest BCUT2D eigenvalue weighted by Crippen LogP contribution is 2.46. The number of thiophene rings is 1.